The van der Waals surface area contributed by atoms with Gasteiger partial charge in [-0.05, 0) is 48.6 Å². The van der Waals surface area contributed by atoms with Crippen LogP contribution in [0.25, 0.3) is 0 Å². The highest BCUT2D eigenvalue weighted by atomic mass is 32.2. The molecule has 0 aromatic heterocycles. The number of rotatable bonds is 12. The number of nitrogens with one attached hydrogen (secondary N) is 1. The van der Waals surface area contributed by atoms with Crippen molar-refractivity contribution in [1.82, 2.24) is 10.2 Å². The molecule has 2 amide bonds. The maximum absolute atomic E-state index is 13.6. The van der Waals surface area contributed by atoms with Gasteiger partial charge in [0, 0.05) is 13.1 Å². The smallest absolute Gasteiger partial charge is 0.244 e. The number of methoxy groups -OCH3 is 1. The summed E-state index contributed by atoms with van der Waals surface area (Å²) in [6.45, 7) is 7.74. The first kappa shape index (κ1) is 28.2. The minimum absolute atomic E-state index is 0.124. The van der Waals surface area contributed by atoms with Crippen molar-refractivity contribution in [2.24, 2.45) is 5.92 Å². The number of aryl methyl sites for hydroxylation is 1. The average molecular weight is 504 g/mol. The summed E-state index contributed by atoms with van der Waals surface area (Å²) >= 11 is 0. The van der Waals surface area contributed by atoms with E-state index in [2.05, 4.69) is 5.32 Å². The van der Waals surface area contributed by atoms with Crippen molar-refractivity contribution in [2.45, 2.75) is 46.7 Å². The van der Waals surface area contributed by atoms with Crippen LogP contribution in [0.1, 0.15) is 38.8 Å². The Morgan fingerprint density at radius 1 is 1.06 bits per heavy atom. The second kappa shape index (κ2) is 12.6. The first-order chi connectivity index (χ1) is 16.5. The van der Waals surface area contributed by atoms with E-state index in [1.165, 1.54) is 4.90 Å². The summed E-state index contributed by atoms with van der Waals surface area (Å²) in [4.78, 5) is 27.9. The molecule has 1 atom stereocenters. The monoisotopic (exact) mass is 503 g/mol. The second-order valence-corrected chi connectivity index (χ2v) is 10.8. The standard InChI is InChI=1S/C26H37N3O5S/c1-7-22-12-8-9-14-24(22)29(35(6,32)33)18-25(30)28(20(4)26(31)27-16-19(2)3)17-21-11-10-13-23(15-21)34-5/h8-15,19-20H,7,16-18H2,1-6H3,(H,27,31)/t20-/m0/s1. The molecule has 0 heterocycles. The number of anilines is 1. The number of hydrogen-bond donors (Lipinski definition) is 1. The quantitative estimate of drug-likeness (QED) is 0.480. The summed E-state index contributed by atoms with van der Waals surface area (Å²) in [5.74, 6) is 0.104. The Morgan fingerprint density at radius 2 is 1.74 bits per heavy atom. The van der Waals surface area contributed by atoms with Gasteiger partial charge in [0.1, 0.15) is 18.3 Å². The van der Waals surface area contributed by atoms with Gasteiger partial charge in [-0.3, -0.25) is 13.9 Å². The molecular formula is C26H37N3O5S. The zero-order chi connectivity index (χ0) is 26.2. The van der Waals surface area contributed by atoms with E-state index in [0.29, 0.717) is 24.4 Å². The van der Waals surface area contributed by atoms with E-state index >= 15 is 0 Å². The van der Waals surface area contributed by atoms with Crippen LogP contribution in [0.4, 0.5) is 5.69 Å². The Hall–Kier alpha value is -3.07. The summed E-state index contributed by atoms with van der Waals surface area (Å²) in [6.07, 6.45) is 1.69. The van der Waals surface area contributed by atoms with Crippen LogP contribution in [0.15, 0.2) is 48.5 Å². The van der Waals surface area contributed by atoms with E-state index in [9.17, 15) is 18.0 Å². The van der Waals surface area contributed by atoms with Gasteiger partial charge in [0.25, 0.3) is 0 Å². The maximum atomic E-state index is 13.6. The van der Waals surface area contributed by atoms with E-state index in [-0.39, 0.29) is 18.4 Å². The Kier molecular flexibility index (Phi) is 10.1. The lowest BCUT2D eigenvalue weighted by atomic mass is 10.1. The van der Waals surface area contributed by atoms with Crippen molar-refractivity contribution < 1.29 is 22.7 Å². The molecule has 0 aliphatic rings. The number of ether oxygens (including phenoxy) is 1. The number of amides is 2. The van der Waals surface area contributed by atoms with Crippen molar-refractivity contribution in [3.63, 3.8) is 0 Å². The van der Waals surface area contributed by atoms with Crippen LogP contribution in [-0.2, 0) is 32.6 Å². The van der Waals surface area contributed by atoms with Gasteiger partial charge < -0.3 is 15.0 Å². The molecule has 2 rings (SSSR count). The third-order valence-electron chi connectivity index (χ3n) is 5.66. The van der Waals surface area contributed by atoms with E-state index < -0.39 is 28.5 Å². The lowest BCUT2D eigenvalue weighted by Gasteiger charge is -2.32. The number of carbonyl (C=O) groups excluding carboxylic acids is 2. The SMILES string of the molecule is CCc1ccccc1N(CC(=O)N(Cc1cccc(OC)c1)[C@@H](C)C(=O)NCC(C)C)S(C)(=O)=O. The Balaban J connectivity index is 2.42. The molecule has 0 bridgehead atoms. The summed E-state index contributed by atoms with van der Waals surface area (Å²) in [5, 5.41) is 2.87. The van der Waals surface area contributed by atoms with Crippen molar-refractivity contribution in [2.75, 3.05) is 30.8 Å². The number of sulfonamides is 1. The summed E-state index contributed by atoms with van der Waals surface area (Å²) in [6, 6.07) is 13.5. The molecule has 0 saturated carbocycles. The maximum Gasteiger partial charge on any atom is 0.244 e. The molecular weight excluding hydrogens is 466 g/mol. The second-order valence-electron chi connectivity index (χ2n) is 8.94. The fraction of sp³-hybridized carbons (Fsp3) is 0.462. The van der Waals surface area contributed by atoms with Crippen LogP contribution in [0.3, 0.4) is 0 Å². The van der Waals surface area contributed by atoms with Crippen LogP contribution in [-0.4, -0.2) is 57.6 Å². The fourth-order valence-electron chi connectivity index (χ4n) is 3.65. The molecule has 35 heavy (non-hydrogen) atoms. The van der Waals surface area contributed by atoms with Crippen LogP contribution in [0.5, 0.6) is 5.75 Å². The Bertz CT molecular complexity index is 1120. The number of nitrogens with zero attached hydrogens (tertiary/aromatic N) is 2. The molecule has 8 nitrogen and oxygen atoms in total. The molecule has 2 aromatic rings. The lowest BCUT2D eigenvalue weighted by Crippen LogP contribution is -2.51. The van der Waals surface area contributed by atoms with Crippen LogP contribution in [0.2, 0.25) is 0 Å². The van der Waals surface area contributed by atoms with Gasteiger partial charge in [-0.2, -0.15) is 0 Å². The van der Waals surface area contributed by atoms with Crippen molar-refractivity contribution in [3.05, 3.63) is 59.7 Å². The molecule has 0 radical (unpaired) electrons. The van der Waals surface area contributed by atoms with Crippen molar-refractivity contribution in [1.29, 1.82) is 0 Å². The molecule has 0 aliphatic heterocycles. The van der Waals surface area contributed by atoms with Gasteiger partial charge in [0.2, 0.25) is 21.8 Å². The highest BCUT2D eigenvalue weighted by Crippen LogP contribution is 2.24. The van der Waals surface area contributed by atoms with Gasteiger partial charge in [0.05, 0.1) is 19.1 Å². The zero-order valence-corrected chi connectivity index (χ0v) is 22.3. The van der Waals surface area contributed by atoms with Crippen molar-refractivity contribution >= 4 is 27.5 Å². The minimum Gasteiger partial charge on any atom is -0.497 e. The molecule has 0 saturated heterocycles. The molecule has 0 spiro atoms. The van der Waals surface area contributed by atoms with Gasteiger partial charge >= 0.3 is 0 Å². The number of para-hydroxylation sites is 1. The van der Waals surface area contributed by atoms with E-state index in [1.54, 1.807) is 44.4 Å². The summed E-state index contributed by atoms with van der Waals surface area (Å²) in [7, 11) is -2.21. The summed E-state index contributed by atoms with van der Waals surface area (Å²) in [5.41, 5.74) is 2.04. The minimum atomic E-state index is -3.76. The predicted molar refractivity (Wildman–Crippen MR) is 139 cm³/mol. The van der Waals surface area contributed by atoms with Crippen LogP contribution >= 0.6 is 0 Å². The first-order valence-corrected chi connectivity index (χ1v) is 13.6. The van der Waals surface area contributed by atoms with Gasteiger partial charge in [-0.25, -0.2) is 8.42 Å². The Morgan fingerprint density at radius 3 is 2.34 bits per heavy atom. The van der Waals surface area contributed by atoms with Crippen LogP contribution < -0.4 is 14.4 Å². The average Bonchev–Trinajstić information content (AvgIpc) is 2.83. The largest absolute Gasteiger partial charge is 0.497 e. The number of carbonyl (C=O) groups is 2. The molecule has 9 heteroatoms. The van der Waals surface area contributed by atoms with Gasteiger partial charge in [0.15, 0.2) is 0 Å². The Labute approximate surface area is 209 Å². The highest BCUT2D eigenvalue weighted by molar-refractivity contribution is 7.92. The predicted octanol–water partition coefficient (Wildman–Crippen LogP) is 3.21. The summed E-state index contributed by atoms with van der Waals surface area (Å²) < 4.78 is 31.9. The molecule has 2 aromatic carbocycles. The van der Waals surface area contributed by atoms with E-state index in [4.69, 9.17) is 4.74 Å². The third-order valence-corrected chi connectivity index (χ3v) is 6.79. The molecule has 0 fully saturated rings. The number of hydrogen-bond acceptors (Lipinski definition) is 5. The lowest BCUT2D eigenvalue weighted by molar-refractivity contribution is -0.139. The molecule has 192 valence electrons. The molecule has 0 unspecified atom stereocenters. The topological polar surface area (TPSA) is 96.0 Å². The van der Waals surface area contributed by atoms with Crippen LogP contribution in [0, 0.1) is 5.92 Å². The molecule has 1 N–H and O–H groups in total. The third kappa shape index (κ3) is 7.99. The van der Waals surface area contributed by atoms with Gasteiger partial charge in [-0.15, -0.1) is 0 Å². The van der Waals surface area contributed by atoms with E-state index in [1.807, 2.05) is 39.0 Å². The number of benzene rings is 2. The van der Waals surface area contributed by atoms with E-state index in [0.717, 1.165) is 21.7 Å². The highest BCUT2D eigenvalue weighted by Gasteiger charge is 2.30. The van der Waals surface area contributed by atoms with Crippen molar-refractivity contribution in [3.8, 4) is 5.75 Å². The molecule has 0 aliphatic carbocycles. The first-order valence-electron chi connectivity index (χ1n) is 11.7. The zero-order valence-electron chi connectivity index (χ0n) is 21.4. The van der Waals surface area contributed by atoms with Gasteiger partial charge in [-0.1, -0.05) is 51.1 Å². The fourth-order valence-corrected chi connectivity index (χ4v) is 4.53. The normalized spacial score (nSPS) is 12.2.